The third kappa shape index (κ3) is 10.2. The largest absolute Gasteiger partial charge is 0.489 e. The number of pyridine rings is 1. The molecule has 0 spiro atoms. The number of carbonyl (C=O) groups is 2. The van der Waals surface area contributed by atoms with Gasteiger partial charge in [-0.1, -0.05) is 47.5 Å². The van der Waals surface area contributed by atoms with E-state index in [0.717, 1.165) is 50.9 Å². The number of rotatable bonds is 16. The molecule has 1 aliphatic carbocycles. The summed E-state index contributed by atoms with van der Waals surface area (Å²) in [6.07, 6.45) is 4.57. The van der Waals surface area contributed by atoms with E-state index in [1.54, 1.807) is 0 Å². The zero-order valence-corrected chi connectivity index (χ0v) is 32.6. The maximum Gasteiger partial charge on any atom is 0.387 e. The van der Waals surface area contributed by atoms with E-state index in [2.05, 4.69) is 19.3 Å². The van der Waals surface area contributed by atoms with Crippen LogP contribution in [0.2, 0.25) is 10.0 Å². The Hall–Kier alpha value is -4.41. The molecule has 4 heterocycles. The minimum atomic E-state index is -4.57. The molecule has 57 heavy (non-hydrogen) atoms. The molecule has 1 N–H and O–H groups in total. The molecule has 17 heteroatoms. The topological polar surface area (TPSA) is 133 Å². The fourth-order valence-electron chi connectivity index (χ4n) is 6.98. The third-order valence-corrected chi connectivity index (χ3v) is 12.3. The van der Waals surface area contributed by atoms with E-state index >= 15 is 0 Å². The highest BCUT2D eigenvalue weighted by atomic mass is 35.5. The number of ether oxygens (including phenoxy) is 4. The van der Waals surface area contributed by atoms with Crippen LogP contribution >= 0.6 is 23.2 Å². The number of esters is 2. The SMILES string of the molecule is O=C(O[C@@H](Cc1c(Cl)cncc1Cl)c1ccc(OC(F)F)c(OCC2CC2)c1)c1cccc(S(=O)(=O)NC(C(=O)O[C@H]2CN3CCC2CC3)c2cccc(F)c2)c1. The summed E-state index contributed by atoms with van der Waals surface area (Å²) < 4.78 is 93.6. The predicted molar refractivity (Wildman–Crippen MR) is 202 cm³/mol. The Morgan fingerprint density at radius 3 is 2.32 bits per heavy atom. The normalized spacial score (nSPS) is 20.1. The molecule has 4 aliphatic rings. The second kappa shape index (κ2) is 17.6. The maximum atomic E-state index is 14.4. The molecule has 3 atom stereocenters. The van der Waals surface area contributed by atoms with Crippen molar-refractivity contribution in [2.75, 3.05) is 26.2 Å². The second-order valence-corrected chi connectivity index (χ2v) is 16.8. The Labute approximate surface area is 337 Å². The number of halogens is 5. The number of alkyl halides is 2. The summed E-state index contributed by atoms with van der Waals surface area (Å²) in [4.78, 5) is 33.3. The molecule has 4 aromatic rings. The molecule has 3 aliphatic heterocycles. The quantitative estimate of drug-likeness (QED) is 0.112. The first-order valence-electron chi connectivity index (χ1n) is 18.3. The van der Waals surface area contributed by atoms with Crippen LogP contribution in [-0.2, 0) is 30.7 Å². The molecule has 0 amide bonds. The smallest absolute Gasteiger partial charge is 0.387 e. The molecule has 0 radical (unpaired) electrons. The van der Waals surface area contributed by atoms with Crippen molar-refractivity contribution >= 4 is 45.2 Å². The fraction of sp³-hybridized carbons (Fsp3) is 0.375. The highest BCUT2D eigenvalue weighted by Gasteiger charge is 2.39. The molecule has 1 unspecified atom stereocenters. The Balaban J connectivity index is 1.15. The molecule has 3 saturated heterocycles. The van der Waals surface area contributed by atoms with Gasteiger partial charge >= 0.3 is 18.6 Å². The standard InChI is InChI=1S/C40H38Cl2F3N3O8S/c41-31-19-46-20-32(42)30(31)18-34(25-9-10-33(56-40(44)45)35(17-25)53-22-23-7-8-23)54-38(49)27-4-2-6-29(16-27)57(51,52)47-37(26-3-1-5-28(43)15-26)39(50)55-36-21-48-13-11-24(36)12-14-48/h1-6,9-10,15-17,19-20,23-24,34,36-37,40,47H,7-8,11-14,18,21-22H2/t34-,36-,37?/m0/s1. The molecular formula is C40H38Cl2F3N3O8S. The number of nitrogens with one attached hydrogen (secondary N) is 1. The average Bonchev–Trinajstić information content (AvgIpc) is 4.03. The van der Waals surface area contributed by atoms with Crippen molar-refractivity contribution in [3.63, 3.8) is 0 Å². The van der Waals surface area contributed by atoms with Crippen LogP contribution < -0.4 is 14.2 Å². The van der Waals surface area contributed by atoms with Gasteiger partial charge in [0.05, 0.1) is 27.1 Å². The van der Waals surface area contributed by atoms with Crippen LogP contribution in [0.1, 0.15) is 64.9 Å². The number of carbonyl (C=O) groups excluding carboxylic acids is 2. The average molecular weight is 849 g/mol. The van der Waals surface area contributed by atoms with E-state index in [1.807, 2.05) is 0 Å². The number of nitrogens with zero attached hydrogens (tertiary/aromatic N) is 2. The minimum Gasteiger partial charge on any atom is -0.489 e. The van der Waals surface area contributed by atoms with Crippen LogP contribution in [0.25, 0.3) is 0 Å². The molecule has 302 valence electrons. The van der Waals surface area contributed by atoms with Crippen molar-refractivity contribution in [2.45, 2.75) is 61.9 Å². The van der Waals surface area contributed by atoms with Crippen molar-refractivity contribution in [3.05, 3.63) is 117 Å². The molecule has 1 aromatic heterocycles. The van der Waals surface area contributed by atoms with Gasteiger partial charge in [-0.05, 0) is 110 Å². The number of fused-ring (bicyclic) bond motifs is 3. The van der Waals surface area contributed by atoms with Crippen molar-refractivity contribution in [3.8, 4) is 11.5 Å². The zero-order valence-electron chi connectivity index (χ0n) is 30.3. The van der Waals surface area contributed by atoms with Gasteiger partial charge in [-0.15, -0.1) is 0 Å². The van der Waals surface area contributed by atoms with E-state index in [4.69, 9.17) is 37.4 Å². The third-order valence-electron chi connectivity index (χ3n) is 10.3. The maximum absolute atomic E-state index is 14.4. The highest BCUT2D eigenvalue weighted by Crippen LogP contribution is 2.38. The van der Waals surface area contributed by atoms with Gasteiger partial charge in [0.25, 0.3) is 0 Å². The first kappa shape index (κ1) is 40.8. The summed E-state index contributed by atoms with van der Waals surface area (Å²) in [5, 5.41) is 0.343. The Bertz CT molecular complexity index is 2200. The van der Waals surface area contributed by atoms with Gasteiger partial charge in [0.2, 0.25) is 10.0 Å². The van der Waals surface area contributed by atoms with E-state index in [9.17, 15) is 31.2 Å². The Kier molecular flexibility index (Phi) is 12.6. The van der Waals surface area contributed by atoms with Gasteiger partial charge in [0, 0.05) is 25.4 Å². The fourth-order valence-corrected chi connectivity index (χ4v) is 8.72. The van der Waals surface area contributed by atoms with Crippen molar-refractivity contribution in [2.24, 2.45) is 11.8 Å². The van der Waals surface area contributed by atoms with E-state index in [-0.39, 0.29) is 57.5 Å². The lowest BCUT2D eigenvalue weighted by Gasteiger charge is -2.44. The van der Waals surface area contributed by atoms with Crippen molar-refractivity contribution < 1.29 is 50.1 Å². The summed E-state index contributed by atoms with van der Waals surface area (Å²) in [5.41, 5.74) is 0.523. The molecular weight excluding hydrogens is 810 g/mol. The van der Waals surface area contributed by atoms with Crippen molar-refractivity contribution in [1.29, 1.82) is 0 Å². The molecule has 1 saturated carbocycles. The van der Waals surface area contributed by atoms with E-state index in [1.165, 1.54) is 67.0 Å². The number of aromatic nitrogens is 1. The Morgan fingerprint density at radius 1 is 0.912 bits per heavy atom. The lowest BCUT2D eigenvalue weighted by Crippen LogP contribution is -2.52. The number of sulfonamides is 1. The van der Waals surface area contributed by atoms with E-state index < -0.39 is 57.5 Å². The lowest BCUT2D eigenvalue weighted by atomic mass is 9.86. The second-order valence-electron chi connectivity index (χ2n) is 14.3. The summed E-state index contributed by atoms with van der Waals surface area (Å²) >= 11 is 12.9. The zero-order chi connectivity index (χ0) is 40.3. The highest BCUT2D eigenvalue weighted by molar-refractivity contribution is 7.89. The summed E-state index contributed by atoms with van der Waals surface area (Å²) in [6, 6.07) is 12.4. The molecule has 11 nitrogen and oxygen atoms in total. The van der Waals surface area contributed by atoms with Crippen LogP contribution in [-0.4, -0.2) is 69.2 Å². The van der Waals surface area contributed by atoms with Gasteiger partial charge in [-0.3, -0.25) is 9.88 Å². The Morgan fingerprint density at radius 2 is 1.65 bits per heavy atom. The minimum absolute atomic E-state index is 0.00622. The molecule has 2 bridgehead atoms. The summed E-state index contributed by atoms with van der Waals surface area (Å²) in [6.45, 7) is -0.557. The van der Waals surface area contributed by atoms with Crippen LogP contribution in [0.3, 0.4) is 0 Å². The van der Waals surface area contributed by atoms with Gasteiger partial charge < -0.3 is 18.9 Å². The van der Waals surface area contributed by atoms with E-state index in [0.29, 0.717) is 17.7 Å². The first-order valence-corrected chi connectivity index (χ1v) is 20.6. The number of hydrogen-bond acceptors (Lipinski definition) is 10. The van der Waals surface area contributed by atoms with Crippen LogP contribution in [0.4, 0.5) is 13.2 Å². The van der Waals surface area contributed by atoms with Gasteiger partial charge in [-0.25, -0.2) is 22.4 Å². The summed E-state index contributed by atoms with van der Waals surface area (Å²) in [5.74, 6) is -2.34. The van der Waals surface area contributed by atoms with Crippen LogP contribution in [0.15, 0.2) is 84.0 Å². The monoisotopic (exact) mass is 847 g/mol. The van der Waals surface area contributed by atoms with Gasteiger partial charge in [-0.2, -0.15) is 13.5 Å². The molecule has 3 aromatic carbocycles. The van der Waals surface area contributed by atoms with Crippen molar-refractivity contribution in [1.82, 2.24) is 14.6 Å². The van der Waals surface area contributed by atoms with Gasteiger partial charge in [0.15, 0.2) is 11.5 Å². The number of piperidine rings is 3. The summed E-state index contributed by atoms with van der Waals surface area (Å²) in [7, 11) is -4.57. The first-order chi connectivity index (χ1) is 27.3. The lowest BCUT2D eigenvalue weighted by molar-refractivity contribution is -0.161. The van der Waals surface area contributed by atoms with Gasteiger partial charge in [0.1, 0.15) is 24.1 Å². The number of benzene rings is 3. The predicted octanol–water partition coefficient (Wildman–Crippen LogP) is 7.72. The van der Waals surface area contributed by atoms with Crippen LogP contribution in [0.5, 0.6) is 11.5 Å². The number of hydrogen-bond donors (Lipinski definition) is 1. The molecule has 8 rings (SSSR count). The van der Waals surface area contributed by atoms with Crippen LogP contribution in [0, 0.1) is 17.7 Å². The molecule has 4 fully saturated rings.